The van der Waals surface area contributed by atoms with Gasteiger partial charge < -0.3 is 24.5 Å². The largest absolute Gasteiger partial charge is 0.638 e. The molecular formula is C8H11BO7. The van der Waals surface area contributed by atoms with Gasteiger partial charge in [0.15, 0.2) is 11.2 Å². The molecule has 0 aromatic carbocycles. The summed E-state index contributed by atoms with van der Waals surface area (Å²) in [6.07, 6.45) is 1.18. The molecule has 88 valence electrons. The highest BCUT2D eigenvalue weighted by Crippen LogP contribution is 2.43. The summed E-state index contributed by atoms with van der Waals surface area (Å²) in [4.78, 5) is 21.5. The van der Waals surface area contributed by atoms with Gasteiger partial charge in [0, 0.05) is 0 Å². The van der Waals surface area contributed by atoms with Gasteiger partial charge in [-0.05, 0) is 25.7 Å². The summed E-state index contributed by atoms with van der Waals surface area (Å²) in [6, 6.07) is 0. The van der Waals surface area contributed by atoms with Gasteiger partial charge in [0.05, 0.1) is 0 Å². The Balaban J connectivity index is 1.88. The highest BCUT2D eigenvalue weighted by Gasteiger charge is 2.59. The Hall–Kier alpha value is -1.12. The number of rotatable bonds is 6. The van der Waals surface area contributed by atoms with Crippen LogP contribution in [0, 0.1) is 0 Å². The van der Waals surface area contributed by atoms with Crippen molar-refractivity contribution in [3.63, 3.8) is 0 Å². The molecule has 7 nitrogen and oxygen atoms in total. The van der Waals surface area contributed by atoms with E-state index in [4.69, 9.17) is 19.5 Å². The van der Waals surface area contributed by atoms with Crippen molar-refractivity contribution < 1.29 is 34.1 Å². The van der Waals surface area contributed by atoms with E-state index in [-0.39, 0.29) is 0 Å². The molecule has 0 aliphatic heterocycles. The van der Waals surface area contributed by atoms with Crippen molar-refractivity contribution in [1.82, 2.24) is 0 Å². The van der Waals surface area contributed by atoms with Crippen molar-refractivity contribution in [1.29, 1.82) is 0 Å². The zero-order chi connectivity index (χ0) is 12.0. The predicted octanol–water partition coefficient (Wildman–Crippen LogP) is -0.769. The Bertz CT molecular complexity index is 301. The first-order chi connectivity index (χ1) is 7.40. The van der Waals surface area contributed by atoms with E-state index in [1.54, 1.807) is 0 Å². The first-order valence-electron chi connectivity index (χ1n) is 4.91. The smallest absolute Gasteiger partial charge is 0.479 e. The summed E-state index contributed by atoms with van der Waals surface area (Å²) in [5.74, 6) is -2.34. The Morgan fingerprint density at radius 2 is 1.25 bits per heavy atom. The molecule has 2 aliphatic rings. The lowest BCUT2D eigenvalue weighted by Crippen LogP contribution is -2.41. The average molecular weight is 230 g/mol. The molecule has 2 saturated carbocycles. The summed E-state index contributed by atoms with van der Waals surface area (Å²) in [6.45, 7) is 0. The maximum atomic E-state index is 10.7. The van der Waals surface area contributed by atoms with Crippen LogP contribution in [0.2, 0.25) is 0 Å². The number of carboxylic acids is 2. The van der Waals surface area contributed by atoms with E-state index in [1.165, 1.54) is 0 Å². The van der Waals surface area contributed by atoms with Gasteiger partial charge in [-0.1, -0.05) is 0 Å². The van der Waals surface area contributed by atoms with Crippen LogP contribution in [0.5, 0.6) is 0 Å². The molecule has 0 bridgehead atoms. The molecule has 0 heterocycles. The molecule has 8 heteroatoms. The summed E-state index contributed by atoms with van der Waals surface area (Å²) >= 11 is 0. The quantitative estimate of drug-likeness (QED) is 0.513. The lowest BCUT2D eigenvalue weighted by molar-refractivity contribution is -0.153. The molecular weight excluding hydrogens is 219 g/mol. The third-order valence-electron chi connectivity index (χ3n) is 2.84. The van der Waals surface area contributed by atoms with E-state index in [1.807, 2.05) is 0 Å². The molecule has 2 aliphatic carbocycles. The van der Waals surface area contributed by atoms with Crippen molar-refractivity contribution in [2.24, 2.45) is 0 Å². The Morgan fingerprint density at radius 3 is 1.44 bits per heavy atom. The van der Waals surface area contributed by atoms with E-state index < -0.39 is 30.5 Å². The number of hydrogen-bond acceptors (Lipinski definition) is 5. The molecule has 2 rings (SSSR count). The van der Waals surface area contributed by atoms with Gasteiger partial charge in [-0.15, -0.1) is 0 Å². The topological polar surface area (TPSA) is 113 Å². The number of carboxylic acid groups (broad SMARTS) is 2. The Labute approximate surface area is 91.1 Å². The second-order valence-electron chi connectivity index (χ2n) is 4.14. The molecule has 2 fully saturated rings. The van der Waals surface area contributed by atoms with E-state index >= 15 is 0 Å². The van der Waals surface area contributed by atoms with Crippen molar-refractivity contribution >= 4 is 19.3 Å². The summed E-state index contributed by atoms with van der Waals surface area (Å²) < 4.78 is 9.61. The van der Waals surface area contributed by atoms with Gasteiger partial charge in [0.2, 0.25) is 0 Å². The summed E-state index contributed by atoms with van der Waals surface area (Å²) in [7, 11) is -1.81. The Kier molecular flexibility index (Phi) is 2.45. The lowest BCUT2D eigenvalue weighted by Gasteiger charge is -2.17. The van der Waals surface area contributed by atoms with Crippen molar-refractivity contribution in [2.45, 2.75) is 36.9 Å². The fourth-order valence-electron chi connectivity index (χ4n) is 1.40. The maximum absolute atomic E-state index is 10.7. The van der Waals surface area contributed by atoms with E-state index in [0.717, 1.165) is 0 Å². The first kappa shape index (κ1) is 11.4. The molecule has 0 aromatic heterocycles. The van der Waals surface area contributed by atoms with Crippen molar-refractivity contribution in [3.8, 4) is 0 Å². The van der Waals surface area contributed by atoms with Crippen LogP contribution in [0.15, 0.2) is 0 Å². The van der Waals surface area contributed by atoms with E-state index in [0.29, 0.717) is 25.7 Å². The standard InChI is InChI=1S/C8H11BO7/c10-5(11)7(1-2-7)15-9(14)16-8(3-4-8)6(12)13/h14H,1-4H2,(H,10,11)(H,12,13). The summed E-state index contributed by atoms with van der Waals surface area (Å²) in [5, 5.41) is 26.9. The van der Waals surface area contributed by atoms with Gasteiger partial charge in [-0.2, -0.15) is 0 Å². The average Bonchev–Trinajstić information content (AvgIpc) is 3.00. The first-order valence-corrected chi connectivity index (χ1v) is 4.91. The van der Waals surface area contributed by atoms with Crippen molar-refractivity contribution in [3.05, 3.63) is 0 Å². The van der Waals surface area contributed by atoms with Crippen LogP contribution < -0.4 is 0 Å². The van der Waals surface area contributed by atoms with E-state index in [2.05, 4.69) is 0 Å². The number of hydrogen-bond donors (Lipinski definition) is 3. The number of aliphatic carboxylic acids is 2. The zero-order valence-corrected chi connectivity index (χ0v) is 8.38. The minimum Gasteiger partial charge on any atom is -0.479 e. The second kappa shape index (κ2) is 3.44. The SMILES string of the molecule is O=C(O)C1(OB(O)OC2(C(=O)O)CC2)CC1. The number of carbonyl (C=O) groups is 2. The highest BCUT2D eigenvalue weighted by molar-refractivity contribution is 6.36. The normalized spacial score (nSPS) is 23.6. The van der Waals surface area contributed by atoms with Crippen LogP contribution in [0.1, 0.15) is 25.7 Å². The van der Waals surface area contributed by atoms with Crippen LogP contribution >= 0.6 is 0 Å². The lowest BCUT2D eigenvalue weighted by atomic mass is 10.1. The maximum Gasteiger partial charge on any atom is 0.638 e. The molecule has 0 spiro atoms. The third kappa shape index (κ3) is 1.91. The Morgan fingerprint density at radius 1 is 0.938 bits per heavy atom. The molecule has 0 unspecified atom stereocenters. The fraction of sp³-hybridized carbons (Fsp3) is 0.750. The molecule has 0 saturated heterocycles. The third-order valence-corrected chi connectivity index (χ3v) is 2.84. The van der Waals surface area contributed by atoms with Crippen molar-refractivity contribution in [2.75, 3.05) is 0 Å². The molecule has 0 amide bonds. The molecule has 0 radical (unpaired) electrons. The zero-order valence-electron chi connectivity index (χ0n) is 8.38. The fourth-order valence-corrected chi connectivity index (χ4v) is 1.40. The van der Waals surface area contributed by atoms with Crippen LogP contribution in [0.3, 0.4) is 0 Å². The van der Waals surface area contributed by atoms with Crippen LogP contribution in [0.4, 0.5) is 0 Å². The van der Waals surface area contributed by atoms with Gasteiger partial charge in [0.25, 0.3) is 0 Å². The van der Waals surface area contributed by atoms with Crippen LogP contribution in [-0.2, 0) is 18.9 Å². The molecule has 0 aromatic rings. The molecule has 0 atom stereocenters. The second-order valence-corrected chi connectivity index (χ2v) is 4.14. The monoisotopic (exact) mass is 230 g/mol. The van der Waals surface area contributed by atoms with Gasteiger partial charge in [-0.3, -0.25) is 0 Å². The van der Waals surface area contributed by atoms with Crippen LogP contribution in [0.25, 0.3) is 0 Å². The predicted molar refractivity (Wildman–Crippen MR) is 49.3 cm³/mol. The minimum absolute atomic E-state index is 0.294. The van der Waals surface area contributed by atoms with Crippen LogP contribution in [-0.4, -0.2) is 45.7 Å². The van der Waals surface area contributed by atoms with Gasteiger partial charge in [0.1, 0.15) is 0 Å². The van der Waals surface area contributed by atoms with Gasteiger partial charge >= 0.3 is 19.3 Å². The highest BCUT2D eigenvalue weighted by atomic mass is 16.7. The summed E-state index contributed by atoms with van der Waals surface area (Å²) in [5.41, 5.74) is -2.79. The molecule has 3 N–H and O–H groups in total. The van der Waals surface area contributed by atoms with E-state index in [9.17, 15) is 14.6 Å². The van der Waals surface area contributed by atoms with Gasteiger partial charge in [-0.25, -0.2) is 9.59 Å². The molecule has 16 heavy (non-hydrogen) atoms. The minimum atomic E-state index is -1.81.